The van der Waals surface area contributed by atoms with Crippen LogP contribution in [0.3, 0.4) is 0 Å². The molecule has 1 aromatic heterocycles. The van der Waals surface area contributed by atoms with Crippen LogP contribution in [0.25, 0.3) is 0 Å². The minimum Gasteiger partial charge on any atom is -0.390 e. The van der Waals surface area contributed by atoms with Gasteiger partial charge < -0.3 is 20.9 Å². The summed E-state index contributed by atoms with van der Waals surface area (Å²) in [6.07, 6.45) is 0. The van der Waals surface area contributed by atoms with Gasteiger partial charge in [-0.2, -0.15) is 0 Å². The van der Waals surface area contributed by atoms with Crippen molar-refractivity contribution in [2.45, 2.75) is 12.5 Å². The zero-order valence-corrected chi connectivity index (χ0v) is 11.6. The van der Waals surface area contributed by atoms with Crippen molar-refractivity contribution >= 4 is 11.8 Å². The van der Waals surface area contributed by atoms with Crippen molar-refractivity contribution in [1.82, 2.24) is 10.3 Å². The number of aromatic nitrogens is 1. The van der Waals surface area contributed by atoms with E-state index in [1.807, 2.05) is 0 Å². The van der Waals surface area contributed by atoms with Crippen LogP contribution in [0.15, 0.2) is 6.07 Å². The molecule has 2 fully saturated rings. The summed E-state index contributed by atoms with van der Waals surface area (Å²) in [4.78, 5) is 28.0. The molecule has 1 saturated carbocycles. The fourth-order valence-electron chi connectivity index (χ4n) is 3.19. The number of ether oxygens (including phenoxy) is 1. The standard InChI is InChI=1S/C14H17N3O4/c1-16-14(20)12-11(10-8-4-21-5-9(8)10)7(13(15)19)2-6(3-18)17-12/h2,8-10,18H,3-5H2,1H3,(H2,15,19)(H,16,20)/t8-,9+,10?. The van der Waals surface area contributed by atoms with Crippen LogP contribution in [0, 0.1) is 11.8 Å². The summed E-state index contributed by atoms with van der Waals surface area (Å²) in [5.74, 6) is -0.290. The van der Waals surface area contributed by atoms with Gasteiger partial charge in [0.2, 0.25) is 5.91 Å². The highest BCUT2D eigenvalue weighted by Gasteiger charge is 2.56. The van der Waals surface area contributed by atoms with E-state index in [0.29, 0.717) is 30.6 Å². The van der Waals surface area contributed by atoms with E-state index in [-0.39, 0.29) is 35.4 Å². The Kier molecular flexibility index (Phi) is 3.38. The molecule has 1 unspecified atom stereocenters. The lowest BCUT2D eigenvalue weighted by Gasteiger charge is -2.15. The highest BCUT2D eigenvalue weighted by Crippen LogP contribution is 2.58. The van der Waals surface area contributed by atoms with Crippen molar-refractivity contribution in [2.75, 3.05) is 20.3 Å². The normalized spacial score (nSPS) is 26.3. The van der Waals surface area contributed by atoms with E-state index >= 15 is 0 Å². The molecule has 0 bridgehead atoms. The molecule has 1 saturated heterocycles. The lowest BCUT2D eigenvalue weighted by atomic mass is 9.97. The van der Waals surface area contributed by atoms with E-state index in [1.54, 1.807) is 0 Å². The second-order valence-corrected chi connectivity index (χ2v) is 5.42. The molecule has 2 heterocycles. The number of aliphatic hydroxyl groups excluding tert-OH is 1. The Labute approximate surface area is 121 Å². The van der Waals surface area contributed by atoms with Gasteiger partial charge in [-0.05, 0) is 23.8 Å². The first kappa shape index (κ1) is 14.0. The number of amides is 2. The first-order valence-corrected chi connectivity index (χ1v) is 6.82. The predicted molar refractivity (Wildman–Crippen MR) is 72.6 cm³/mol. The number of pyridine rings is 1. The summed E-state index contributed by atoms with van der Waals surface area (Å²) in [7, 11) is 1.50. The molecular formula is C14H17N3O4. The van der Waals surface area contributed by atoms with Gasteiger partial charge in [0.1, 0.15) is 5.69 Å². The Bertz CT molecular complexity index is 606. The van der Waals surface area contributed by atoms with Gasteiger partial charge in [-0.25, -0.2) is 4.98 Å². The summed E-state index contributed by atoms with van der Waals surface area (Å²) in [6, 6.07) is 1.47. The van der Waals surface area contributed by atoms with E-state index < -0.39 is 5.91 Å². The van der Waals surface area contributed by atoms with Gasteiger partial charge in [-0.3, -0.25) is 9.59 Å². The maximum absolute atomic E-state index is 12.1. The maximum atomic E-state index is 12.1. The highest BCUT2D eigenvalue weighted by atomic mass is 16.5. The van der Waals surface area contributed by atoms with Gasteiger partial charge in [0.05, 0.1) is 25.5 Å². The Morgan fingerprint density at radius 2 is 2.14 bits per heavy atom. The predicted octanol–water partition coefficient (Wildman–Crippen LogP) is -0.608. The number of fused-ring (bicyclic) bond motifs is 1. The Hall–Kier alpha value is -1.99. The van der Waals surface area contributed by atoms with E-state index in [4.69, 9.17) is 10.5 Å². The van der Waals surface area contributed by atoms with Crippen LogP contribution in [-0.2, 0) is 11.3 Å². The smallest absolute Gasteiger partial charge is 0.269 e. The number of rotatable bonds is 4. The monoisotopic (exact) mass is 291 g/mol. The molecule has 1 aliphatic carbocycles. The second kappa shape index (κ2) is 5.09. The highest BCUT2D eigenvalue weighted by molar-refractivity contribution is 6.01. The Morgan fingerprint density at radius 3 is 2.67 bits per heavy atom. The van der Waals surface area contributed by atoms with Crippen molar-refractivity contribution < 1.29 is 19.4 Å². The Morgan fingerprint density at radius 1 is 1.48 bits per heavy atom. The summed E-state index contributed by atoms with van der Waals surface area (Å²) in [6.45, 7) is 0.899. The van der Waals surface area contributed by atoms with E-state index in [9.17, 15) is 14.7 Å². The number of carbonyl (C=O) groups excluding carboxylic acids is 2. The number of nitrogens with two attached hydrogens (primary N) is 1. The number of nitrogens with one attached hydrogen (secondary N) is 1. The molecule has 21 heavy (non-hydrogen) atoms. The van der Waals surface area contributed by atoms with Crippen molar-refractivity contribution in [3.63, 3.8) is 0 Å². The van der Waals surface area contributed by atoms with Crippen LogP contribution in [0.5, 0.6) is 0 Å². The maximum Gasteiger partial charge on any atom is 0.269 e. The molecule has 2 aliphatic rings. The van der Waals surface area contributed by atoms with Gasteiger partial charge >= 0.3 is 0 Å². The summed E-state index contributed by atoms with van der Waals surface area (Å²) in [5, 5.41) is 11.8. The van der Waals surface area contributed by atoms with Gasteiger partial charge in [-0.1, -0.05) is 0 Å². The number of hydrogen-bond donors (Lipinski definition) is 3. The molecule has 3 rings (SSSR count). The molecule has 7 heteroatoms. The molecule has 7 nitrogen and oxygen atoms in total. The SMILES string of the molecule is CNC(=O)c1nc(CO)cc(C(N)=O)c1C1[C@H]2COC[C@@H]12. The van der Waals surface area contributed by atoms with Crippen molar-refractivity contribution in [3.8, 4) is 0 Å². The molecule has 1 aliphatic heterocycles. The minimum absolute atomic E-state index is 0.0776. The fourth-order valence-corrected chi connectivity index (χ4v) is 3.19. The zero-order chi connectivity index (χ0) is 15.1. The van der Waals surface area contributed by atoms with Crippen LogP contribution < -0.4 is 11.1 Å². The zero-order valence-electron chi connectivity index (χ0n) is 11.6. The molecular weight excluding hydrogens is 274 g/mol. The molecule has 1 aromatic rings. The fraction of sp³-hybridized carbons (Fsp3) is 0.500. The molecule has 3 atom stereocenters. The topological polar surface area (TPSA) is 115 Å². The molecule has 0 radical (unpaired) electrons. The van der Waals surface area contributed by atoms with Gasteiger partial charge in [-0.15, -0.1) is 0 Å². The molecule has 2 amide bonds. The van der Waals surface area contributed by atoms with Crippen LogP contribution in [0.2, 0.25) is 0 Å². The minimum atomic E-state index is -0.613. The first-order chi connectivity index (χ1) is 10.1. The number of nitrogens with zero attached hydrogens (tertiary/aromatic N) is 1. The van der Waals surface area contributed by atoms with Crippen molar-refractivity contribution in [3.05, 3.63) is 28.6 Å². The average molecular weight is 291 g/mol. The second-order valence-electron chi connectivity index (χ2n) is 5.42. The third-order valence-corrected chi connectivity index (χ3v) is 4.27. The lowest BCUT2D eigenvalue weighted by molar-refractivity contribution is 0.0955. The van der Waals surface area contributed by atoms with Crippen LogP contribution in [-0.4, -0.2) is 42.2 Å². The summed E-state index contributed by atoms with van der Waals surface area (Å²) >= 11 is 0. The molecule has 0 aromatic carbocycles. The van der Waals surface area contributed by atoms with Crippen LogP contribution >= 0.6 is 0 Å². The third kappa shape index (κ3) is 2.18. The molecule has 112 valence electrons. The van der Waals surface area contributed by atoms with Gasteiger partial charge in [0, 0.05) is 18.2 Å². The Balaban J connectivity index is 2.14. The van der Waals surface area contributed by atoms with Crippen molar-refractivity contribution in [1.29, 1.82) is 0 Å². The number of aliphatic hydroxyl groups is 1. The lowest BCUT2D eigenvalue weighted by Crippen LogP contribution is -2.25. The number of carbonyl (C=O) groups is 2. The molecule has 4 N–H and O–H groups in total. The third-order valence-electron chi connectivity index (χ3n) is 4.27. The van der Waals surface area contributed by atoms with Gasteiger partial charge in [0.25, 0.3) is 5.91 Å². The van der Waals surface area contributed by atoms with Crippen LogP contribution in [0.4, 0.5) is 0 Å². The van der Waals surface area contributed by atoms with E-state index in [0.717, 1.165) is 0 Å². The van der Waals surface area contributed by atoms with E-state index in [2.05, 4.69) is 10.3 Å². The first-order valence-electron chi connectivity index (χ1n) is 6.82. The average Bonchev–Trinajstić information content (AvgIpc) is 2.95. The summed E-state index contributed by atoms with van der Waals surface area (Å²) < 4.78 is 5.35. The van der Waals surface area contributed by atoms with Gasteiger partial charge in [0.15, 0.2) is 0 Å². The van der Waals surface area contributed by atoms with Crippen molar-refractivity contribution in [2.24, 2.45) is 17.6 Å². The number of primary amides is 1. The largest absolute Gasteiger partial charge is 0.390 e. The quantitative estimate of drug-likeness (QED) is 0.685. The molecule has 0 spiro atoms. The summed E-state index contributed by atoms with van der Waals surface area (Å²) in [5.41, 5.74) is 6.75. The van der Waals surface area contributed by atoms with Crippen LogP contribution in [0.1, 0.15) is 38.0 Å². The number of hydrogen-bond acceptors (Lipinski definition) is 5. The van der Waals surface area contributed by atoms with E-state index in [1.165, 1.54) is 13.1 Å².